The number of aryl methyl sites for hydroxylation is 4. The van der Waals surface area contributed by atoms with Gasteiger partial charge in [0.1, 0.15) is 0 Å². The predicted octanol–water partition coefficient (Wildman–Crippen LogP) is 4.03. The fourth-order valence-corrected chi connectivity index (χ4v) is 2.56. The average Bonchev–Trinajstić information content (AvgIpc) is 2.53. The number of esters is 1. The second-order valence-corrected chi connectivity index (χ2v) is 6.54. The third kappa shape index (κ3) is 5.18. The van der Waals surface area contributed by atoms with Crippen molar-refractivity contribution in [3.8, 4) is 0 Å². The maximum Gasteiger partial charge on any atom is 0.311 e. The first-order chi connectivity index (χ1) is 11.8. The van der Waals surface area contributed by atoms with Gasteiger partial charge in [0.15, 0.2) is 6.10 Å². The lowest BCUT2D eigenvalue weighted by Crippen LogP contribution is -2.30. The van der Waals surface area contributed by atoms with Crippen LogP contribution >= 0.6 is 0 Å². The van der Waals surface area contributed by atoms with Crippen LogP contribution in [0.5, 0.6) is 0 Å². The molecular weight excluding hydrogens is 314 g/mol. The molecule has 0 spiro atoms. The van der Waals surface area contributed by atoms with Gasteiger partial charge in [0.25, 0.3) is 5.91 Å². The Balaban J connectivity index is 1.93. The molecule has 0 saturated carbocycles. The highest BCUT2D eigenvalue weighted by Gasteiger charge is 2.18. The fraction of sp³-hybridized carbons (Fsp3) is 0.333. The third-order valence-corrected chi connectivity index (χ3v) is 4.24. The van der Waals surface area contributed by atoms with Gasteiger partial charge in [0.05, 0.1) is 6.42 Å². The number of ether oxygens (including phenoxy) is 1. The molecule has 132 valence electrons. The standard InChI is InChI=1S/C21H25NO3/c1-13-6-9-19(16(4)10-13)22-21(24)17(5)25-20(23)12-18-8-7-14(2)15(3)11-18/h6-11,17H,12H2,1-5H3,(H,22,24)/t17-/m0/s1. The Labute approximate surface area is 149 Å². The summed E-state index contributed by atoms with van der Waals surface area (Å²) < 4.78 is 5.27. The molecule has 0 heterocycles. The summed E-state index contributed by atoms with van der Waals surface area (Å²) in [5, 5.41) is 2.81. The maximum atomic E-state index is 12.2. The van der Waals surface area contributed by atoms with Crippen LogP contribution in [0.1, 0.15) is 34.7 Å². The first-order valence-electron chi connectivity index (χ1n) is 8.40. The van der Waals surface area contributed by atoms with Crippen molar-refractivity contribution >= 4 is 17.6 Å². The molecule has 0 saturated heterocycles. The van der Waals surface area contributed by atoms with Crippen LogP contribution in [0.15, 0.2) is 36.4 Å². The largest absolute Gasteiger partial charge is 0.452 e. The normalized spacial score (nSPS) is 11.7. The summed E-state index contributed by atoms with van der Waals surface area (Å²) in [6.07, 6.45) is -0.692. The quantitative estimate of drug-likeness (QED) is 0.837. The predicted molar refractivity (Wildman–Crippen MR) is 99.7 cm³/mol. The van der Waals surface area contributed by atoms with Crippen molar-refractivity contribution in [1.29, 1.82) is 0 Å². The minimum absolute atomic E-state index is 0.155. The van der Waals surface area contributed by atoms with Crippen molar-refractivity contribution in [1.82, 2.24) is 0 Å². The van der Waals surface area contributed by atoms with Gasteiger partial charge in [-0.15, -0.1) is 0 Å². The molecule has 0 unspecified atom stereocenters. The van der Waals surface area contributed by atoms with Crippen molar-refractivity contribution in [3.63, 3.8) is 0 Å². The van der Waals surface area contributed by atoms with Crippen molar-refractivity contribution in [2.75, 3.05) is 5.32 Å². The first kappa shape index (κ1) is 18.7. The molecule has 0 bridgehead atoms. The average molecular weight is 339 g/mol. The van der Waals surface area contributed by atoms with E-state index in [9.17, 15) is 9.59 Å². The minimum Gasteiger partial charge on any atom is -0.452 e. The van der Waals surface area contributed by atoms with Crippen molar-refractivity contribution in [2.45, 2.75) is 47.1 Å². The van der Waals surface area contributed by atoms with Crippen LogP contribution in [0, 0.1) is 27.7 Å². The van der Waals surface area contributed by atoms with Gasteiger partial charge in [-0.2, -0.15) is 0 Å². The van der Waals surface area contributed by atoms with E-state index >= 15 is 0 Å². The molecule has 1 atom stereocenters. The molecule has 2 rings (SSSR count). The summed E-state index contributed by atoms with van der Waals surface area (Å²) >= 11 is 0. The Kier molecular flexibility index (Phi) is 5.97. The van der Waals surface area contributed by atoms with Crippen LogP contribution in [-0.4, -0.2) is 18.0 Å². The van der Waals surface area contributed by atoms with E-state index in [1.165, 1.54) is 5.56 Å². The van der Waals surface area contributed by atoms with Crippen molar-refractivity contribution in [2.24, 2.45) is 0 Å². The summed E-state index contributed by atoms with van der Waals surface area (Å²) in [6, 6.07) is 11.6. The van der Waals surface area contributed by atoms with Crippen LogP contribution < -0.4 is 5.32 Å². The lowest BCUT2D eigenvalue weighted by Gasteiger charge is -2.15. The topological polar surface area (TPSA) is 55.4 Å². The van der Waals surface area contributed by atoms with Gasteiger partial charge in [-0.1, -0.05) is 35.9 Å². The summed E-state index contributed by atoms with van der Waals surface area (Å²) in [5.41, 5.74) is 6.03. The number of nitrogens with one attached hydrogen (secondary N) is 1. The Morgan fingerprint density at radius 1 is 0.960 bits per heavy atom. The molecule has 0 aliphatic rings. The first-order valence-corrected chi connectivity index (χ1v) is 8.40. The van der Waals surface area contributed by atoms with Gasteiger partial charge < -0.3 is 10.1 Å². The lowest BCUT2D eigenvalue weighted by molar-refractivity contribution is -0.152. The molecule has 1 N–H and O–H groups in total. The van der Waals surface area contributed by atoms with Crippen LogP contribution in [0.3, 0.4) is 0 Å². The molecule has 25 heavy (non-hydrogen) atoms. The number of amides is 1. The summed E-state index contributed by atoms with van der Waals surface area (Å²) in [6.45, 7) is 9.53. The zero-order valence-corrected chi connectivity index (χ0v) is 15.5. The lowest BCUT2D eigenvalue weighted by atomic mass is 10.0. The van der Waals surface area contributed by atoms with Crippen LogP contribution in [0.4, 0.5) is 5.69 Å². The molecule has 2 aromatic rings. The molecule has 0 radical (unpaired) electrons. The van der Waals surface area contributed by atoms with E-state index in [4.69, 9.17) is 4.74 Å². The van der Waals surface area contributed by atoms with Gasteiger partial charge in [0, 0.05) is 5.69 Å². The second-order valence-electron chi connectivity index (χ2n) is 6.54. The third-order valence-electron chi connectivity index (χ3n) is 4.24. The van der Waals surface area contributed by atoms with E-state index in [0.29, 0.717) is 0 Å². The summed E-state index contributed by atoms with van der Waals surface area (Å²) in [7, 11) is 0. The number of hydrogen-bond donors (Lipinski definition) is 1. The Hall–Kier alpha value is -2.62. The molecule has 2 aromatic carbocycles. The number of hydrogen-bond acceptors (Lipinski definition) is 3. The van der Waals surface area contributed by atoms with Gasteiger partial charge in [-0.05, 0) is 62.9 Å². The molecule has 4 nitrogen and oxygen atoms in total. The van der Waals surface area contributed by atoms with E-state index in [2.05, 4.69) is 5.32 Å². The zero-order chi connectivity index (χ0) is 18.6. The second kappa shape index (κ2) is 7.97. The Morgan fingerprint density at radius 3 is 2.32 bits per heavy atom. The van der Waals surface area contributed by atoms with E-state index in [0.717, 1.165) is 27.9 Å². The van der Waals surface area contributed by atoms with Gasteiger partial charge in [-0.3, -0.25) is 9.59 Å². The molecule has 0 aromatic heterocycles. The zero-order valence-electron chi connectivity index (χ0n) is 15.5. The smallest absolute Gasteiger partial charge is 0.311 e. The Bertz CT molecular complexity index is 796. The number of carbonyl (C=O) groups excluding carboxylic acids is 2. The highest BCUT2D eigenvalue weighted by atomic mass is 16.5. The molecular formula is C21H25NO3. The summed E-state index contributed by atoms with van der Waals surface area (Å²) in [5.74, 6) is -0.744. The molecule has 0 aliphatic carbocycles. The minimum atomic E-state index is -0.847. The van der Waals surface area contributed by atoms with Crippen molar-refractivity contribution < 1.29 is 14.3 Å². The fourth-order valence-electron chi connectivity index (χ4n) is 2.56. The van der Waals surface area contributed by atoms with Crippen LogP contribution in [0.25, 0.3) is 0 Å². The van der Waals surface area contributed by atoms with E-state index in [1.54, 1.807) is 6.92 Å². The number of carbonyl (C=O) groups is 2. The number of rotatable bonds is 5. The number of benzene rings is 2. The SMILES string of the molecule is Cc1ccc(NC(=O)[C@H](C)OC(=O)Cc2ccc(C)c(C)c2)c(C)c1. The van der Waals surface area contributed by atoms with Crippen LogP contribution in [-0.2, 0) is 20.7 Å². The van der Waals surface area contributed by atoms with Gasteiger partial charge >= 0.3 is 5.97 Å². The molecule has 0 aliphatic heterocycles. The molecule has 0 fully saturated rings. The molecule has 4 heteroatoms. The van der Waals surface area contributed by atoms with E-state index < -0.39 is 12.1 Å². The van der Waals surface area contributed by atoms with Crippen LogP contribution in [0.2, 0.25) is 0 Å². The molecule has 1 amide bonds. The number of anilines is 1. The van der Waals surface area contributed by atoms with Crippen molar-refractivity contribution in [3.05, 3.63) is 64.2 Å². The Morgan fingerprint density at radius 2 is 1.68 bits per heavy atom. The maximum absolute atomic E-state index is 12.2. The summed E-state index contributed by atoms with van der Waals surface area (Å²) in [4.78, 5) is 24.3. The van der Waals surface area contributed by atoms with E-state index in [1.807, 2.05) is 64.1 Å². The van der Waals surface area contributed by atoms with Gasteiger partial charge in [0.2, 0.25) is 0 Å². The monoisotopic (exact) mass is 339 g/mol. The highest BCUT2D eigenvalue weighted by Crippen LogP contribution is 2.17. The van der Waals surface area contributed by atoms with E-state index in [-0.39, 0.29) is 12.3 Å². The van der Waals surface area contributed by atoms with Gasteiger partial charge in [-0.25, -0.2) is 0 Å². The highest BCUT2D eigenvalue weighted by molar-refractivity contribution is 5.95.